The molecule has 142 valence electrons. The van der Waals surface area contributed by atoms with Crippen LogP contribution in [-0.2, 0) is 21.4 Å². The summed E-state index contributed by atoms with van der Waals surface area (Å²) in [5.41, 5.74) is 1.42. The van der Waals surface area contributed by atoms with Crippen LogP contribution in [0.5, 0.6) is 5.75 Å². The maximum absolute atomic E-state index is 13.1. The van der Waals surface area contributed by atoms with Gasteiger partial charge < -0.3 is 15.2 Å². The van der Waals surface area contributed by atoms with Gasteiger partial charge in [0.25, 0.3) is 0 Å². The number of carbonyl (C=O) groups excluding carboxylic acids is 1. The van der Waals surface area contributed by atoms with Gasteiger partial charge in [0.2, 0.25) is 5.91 Å². The second-order valence-corrected chi connectivity index (χ2v) is 7.07. The van der Waals surface area contributed by atoms with E-state index in [1.54, 1.807) is 7.11 Å². The van der Waals surface area contributed by atoms with E-state index in [1.165, 1.54) is 0 Å². The van der Waals surface area contributed by atoms with Gasteiger partial charge in [0, 0.05) is 18.0 Å². The molecular weight excluding hydrogens is 342 g/mol. The Bertz CT molecular complexity index is 799. The third-order valence-electron chi connectivity index (χ3n) is 5.17. The molecule has 0 spiro atoms. The molecule has 0 bridgehead atoms. The van der Waals surface area contributed by atoms with Gasteiger partial charge in [-0.3, -0.25) is 9.59 Å². The molecule has 0 heterocycles. The number of hydrogen-bond donors (Lipinski definition) is 2. The van der Waals surface area contributed by atoms with Crippen LogP contribution in [0.15, 0.2) is 54.6 Å². The number of ether oxygens (including phenoxy) is 1. The molecule has 0 aromatic heterocycles. The molecule has 1 amide bonds. The first-order valence-electron chi connectivity index (χ1n) is 9.25. The van der Waals surface area contributed by atoms with E-state index in [1.807, 2.05) is 54.6 Å². The molecular formula is C22H25NO4. The molecule has 0 aliphatic heterocycles. The fourth-order valence-electron chi connectivity index (χ4n) is 3.53. The number of methoxy groups -OCH3 is 1. The first-order chi connectivity index (χ1) is 13.0. The molecule has 5 heteroatoms. The average molecular weight is 367 g/mol. The highest BCUT2D eigenvalue weighted by Crippen LogP contribution is 2.51. The lowest BCUT2D eigenvalue weighted by Crippen LogP contribution is -2.43. The first-order valence-corrected chi connectivity index (χ1v) is 9.25. The summed E-state index contributed by atoms with van der Waals surface area (Å²) in [5, 5.41) is 12.2. The lowest BCUT2D eigenvalue weighted by Gasteiger charge is -2.24. The van der Waals surface area contributed by atoms with Crippen LogP contribution in [0.4, 0.5) is 0 Å². The summed E-state index contributed by atoms with van der Waals surface area (Å²) in [5.74, 6) is -0.179. The summed E-state index contributed by atoms with van der Waals surface area (Å²) in [6.45, 7) is 0. The summed E-state index contributed by atoms with van der Waals surface area (Å²) in [7, 11) is 1.61. The lowest BCUT2D eigenvalue weighted by molar-refractivity contribution is -0.137. The highest BCUT2D eigenvalue weighted by molar-refractivity contribution is 5.92. The molecule has 1 unspecified atom stereocenters. The average Bonchev–Trinajstić information content (AvgIpc) is 3.49. The van der Waals surface area contributed by atoms with Crippen LogP contribution >= 0.6 is 0 Å². The Kier molecular flexibility index (Phi) is 5.79. The molecule has 1 saturated carbocycles. The Balaban J connectivity index is 1.76. The second-order valence-electron chi connectivity index (χ2n) is 7.07. The number of hydrogen-bond acceptors (Lipinski definition) is 3. The third kappa shape index (κ3) is 4.48. The van der Waals surface area contributed by atoms with E-state index in [2.05, 4.69) is 5.32 Å². The molecule has 2 aromatic carbocycles. The van der Waals surface area contributed by atoms with Crippen molar-refractivity contribution in [3.63, 3.8) is 0 Å². The Morgan fingerprint density at radius 2 is 1.78 bits per heavy atom. The predicted octanol–water partition coefficient (Wildman–Crippen LogP) is 3.32. The molecule has 27 heavy (non-hydrogen) atoms. The van der Waals surface area contributed by atoms with Crippen molar-refractivity contribution in [3.05, 3.63) is 65.7 Å². The summed E-state index contributed by atoms with van der Waals surface area (Å²) in [6, 6.07) is 17.2. The number of carboxylic acids is 1. The molecule has 1 aliphatic carbocycles. The SMILES string of the molecule is COc1ccccc1C1(C(=O)NC(CCC(=O)O)Cc2ccccc2)CC1. The molecule has 1 aliphatic rings. The zero-order valence-electron chi connectivity index (χ0n) is 15.5. The van der Waals surface area contributed by atoms with Gasteiger partial charge in [0.1, 0.15) is 5.75 Å². The van der Waals surface area contributed by atoms with Crippen molar-refractivity contribution < 1.29 is 19.4 Å². The minimum absolute atomic E-state index is 0.0272. The van der Waals surface area contributed by atoms with Gasteiger partial charge >= 0.3 is 5.97 Å². The van der Waals surface area contributed by atoms with Crippen LogP contribution in [0, 0.1) is 0 Å². The minimum Gasteiger partial charge on any atom is -0.496 e. The molecule has 0 saturated heterocycles. The quantitative estimate of drug-likeness (QED) is 0.713. The third-order valence-corrected chi connectivity index (χ3v) is 5.17. The van der Waals surface area contributed by atoms with E-state index >= 15 is 0 Å². The van der Waals surface area contributed by atoms with Crippen molar-refractivity contribution in [2.45, 2.75) is 43.6 Å². The number of carbonyl (C=O) groups is 2. The summed E-state index contributed by atoms with van der Waals surface area (Å²) < 4.78 is 5.44. The Hall–Kier alpha value is -2.82. The number of para-hydroxylation sites is 1. The lowest BCUT2D eigenvalue weighted by atomic mass is 9.92. The number of aliphatic carboxylic acids is 1. The van der Waals surface area contributed by atoms with Crippen molar-refractivity contribution in [3.8, 4) is 5.75 Å². The summed E-state index contributed by atoms with van der Waals surface area (Å²) >= 11 is 0. The van der Waals surface area contributed by atoms with Crippen molar-refractivity contribution >= 4 is 11.9 Å². The van der Waals surface area contributed by atoms with Gasteiger partial charge in [-0.2, -0.15) is 0 Å². The molecule has 1 fully saturated rings. The van der Waals surface area contributed by atoms with Crippen LogP contribution < -0.4 is 10.1 Å². The topological polar surface area (TPSA) is 75.6 Å². The maximum atomic E-state index is 13.1. The van der Waals surface area contributed by atoms with Crippen molar-refractivity contribution in [2.75, 3.05) is 7.11 Å². The molecule has 0 radical (unpaired) electrons. The van der Waals surface area contributed by atoms with Crippen molar-refractivity contribution in [1.82, 2.24) is 5.32 Å². The van der Waals surface area contributed by atoms with Crippen LogP contribution in [0.3, 0.4) is 0 Å². The van der Waals surface area contributed by atoms with Gasteiger partial charge in [0.05, 0.1) is 12.5 Å². The van der Waals surface area contributed by atoms with E-state index < -0.39 is 11.4 Å². The van der Waals surface area contributed by atoms with Crippen LogP contribution in [0.2, 0.25) is 0 Å². The fraction of sp³-hybridized carbons (Fsp3) is 0.364. The Morgan fingerprint density at radius 3 is 2.41 bits per heavy atom. The number of nitrogens with one attached hydrogen (secondary N) is 1. The van der Waals surface area contributed by atoms with Gasteiger partial charge in [-0.05, 0) is 37.3 Å². The van der Waals surface area contributed by atoms with Crippen LogP contribution in [0.1, 0.15) is 36.8 Å². The number of amides is 1. The van der Waals surface area contributed by atoms with Crippen LogP contribution in [0.25, 0.3) is 0 Å². The monoisotopic (exact) mass is 367 g/mol. The van der Waals surface area contributed by atoms with Crippen molar-refractivity contribution in [2.24, 2.45) is 0 Å². The fourth-order valence-corrected chi connectivity index (χ4v) is 3.53. The molecule has 3 rings (SSSR count). The van der Waals surface area contributed by atoms with Crippen molar-refractivity contribution in [1.29, 1.82) is 0 Å². The molecule has 2 aromatic rings. The second kappa shape index (κ2) is 8.25. The summed E-state index contributed by atoms with van der Waals surface area (Å²) in [4.78, 5) is 24.2. The maximum Gasteiger partial charge on any atom is 0.303 e. The number of carboxylic acid groups (broad SMARTS) is 1. The predicted molar refractivity (Wildman–Crippen MR) is 103 cm³/mol. The highest BCUT2D eigenvalue weighted by atomic mass is 16.5. The Labute approximate surface area is 159 Å². The molecule has 5 nitrogen and oxygen atoms in total. The van der Waals surface area contributed by atoms with Gasteiger partial charge in [0.15, 0.2) is 0 Å². The normalized spacial score (nSPS) is 15.6. The largest absolute Gasteiger partial charge is 0.496 e. The zero-order chi connectivity index (χ0) is 19.3. The number of rotatable bonds is 9. The summed E-state index contributed by atoms with van der Waals surface area (Å²) in [6.07, 6.45) is 2.59. The van der Waals surface area contributed by atoms with E-state index in [-0.39, 0.29) is 18.4 Å². The van der Waals surface area contributed by atoms with Gasteiger partial charge in [-0.1, -0.05) is 48.5 Å². The van der Waals surface area contributed by atoms with E-state index in [0.29, 0.717) is 12.8 Å². The van der Waals surface area contributed by atoms with E-state index in [0.717, 1.165) is 29.7 Å². The Morgan fingerprint density at radius 1 is 1.11 bits per heavy atom. The smallest absolute Gasteiger partial charge is 0.303 e. The first kappa shape index (κ1) is 19.0. The molecule has 2 N–H and O–H groups in total. The molecule has 1 atom stereocenters. The zero-order valence-corrected chi connectivity index (χ0v) is 15.5. The van der Waals surface area contributed by atoms with E-state index in [4.69, 9.17) is 9.84 Å². The van der Waals surface area contributed by atoms with E-state index in [9.17, 15) is 9.59 Å². The van der Waals surface area contributed by atoms with Crippen LogP contribution in [-0.4, -0.2) is 30.1 Å². The standard InChI is InChI=1S/C22H25NO4/c1-27-19-10-6-5-9-18(19)22(13-14-22)21(26)23-17(11-12-20(24)25)15-16-7-3-2-4-8-16/h2-10,17H,11-15H2,1H3,(H,23,26)(H,24,25). The highest BCUT2D eigenvalue weighted by Gasteiger charge is 2.53. The van der Waals surface area contributed by atoms with Gasteiger partial charge in [-0.25, -0.2) is 0 Å². The van der Waals surface area contributed by atoms with Gasteiger partial charge in [-0.15, -0.1) is 0 Å². The minimum atomic E-state index is -0.854. The number of benzene rings is 2.